The molecule has 0 aromatic rings. The van der Waals surface area contributed by atoms with E-state index < -0.39 is 30.0 Å². The van der Waals surface area contributed by atoms with Gasteiger partial charge in [0.25, 0.3) is 0 Å². The second-order valence-corrected chi connectivity index (χ2v) is 5.17. The van der Waals surface area contributed by atoms with Crippen LogP contribution in [0.4, 0.5) is 0 Å². The fourth-order valence-corrected chi connectivity index (χ4v) is 2.38. The minimum atomic E-state index is -1.05. The summed E-state index contributed by atoms with van der Waals surface area (Å²) in [5.41, 5.74) is 5.56. The molecule has 0 aromatic carbocycles. The molecule has 0 aliphatic carbocycles. The van der Waals surface area contributed by atoms with Gasteiger partial charge in [-0.3, -0.25) is 9.59 Å². The molecule has 0 saturated carbocycles. The monoisotopic (exact) mass is 285 g/mol. The third kappa shape index (κ3) is 3.93. The molecule has 0 aromatic heterocycles. The second kappa shape index (κ2) is 7.23. The van der Waals surface area contributed by atoms with Crippen LogP contribution in [0.25, 0.3) is 0 Å². The van der Waals surface area contributed by atoms with Crippen LogP contribution in [-0.4, -0.2) is 52.5 Å². The van der Waals surface area contributed by atoms with Crippen molar-refractivity contribution in [3.8, 4) is 0 Å². The SMILES string of the molecule is CCC[C@H](NC(=O)[C@@H]1CCCN1C(=O)[C@H](C)N)C(=O)O. The summed E-state index contributed by atoms with van der Waals surface area (Å²) in [7, 11) is 0. The number of carboxylic acids is 1. The standard InChI is InChI=1S/C13H23N3O4/c1-3-5-9(13(19)20)15-11(17)10-6-4-7-16(10)12(18)8(2)14/h8-10H,3-7,14H2,1-2H3,(H,15,17)(H,19,20)/t8-,9-,10-/m0/s1. The molecule has 0 bridgehead atoms. The zero-order chi connectivity index (χ0) is 15.3. The smallest absolute Gasteiger partial charge is 0.326 e. The van der Waals surface area contributed by atoms with Crippen LogP contribution in [0.3, 0.4) is 0 Å². The molecule has 20 heavy (non-hydrogen) atoms. The van der Waals surface area contributed by atoms with Gasteiger partial charge in [-0.25, -0.2) is 4.79 Å². The highest BCUT2D eigenvalue weighted by atomic mass is 16.4. The molecular formula is C13H23N3O4. The Morgan fingerprint density at radius 2 is 2.10 bits per heavy atom. The molecule has 0 spiro atoms. The molecule has 0 unspecified atom stereocenters. The Hall–Kier alpha value is -1.63. The van der Waals surface area contributed by atoms with Crippen molar-refractivity contribution in [3.63, 3.8) is 0 Å². The first-order chi connectivity index (χ1) is 9.38. The van der Waals surface area contributed by atoms with E-state index in [2.05, 4.69) is 5.32 Å². The number of nitrogens with zero attached hydrogens (tertiary/aromatic N) is 1. The van der Waals surface area contributed by atoms with Crippen molar-refractivity contribution in [1.82, 2.24) is 10.2 Å². The van der Waals surface area contributed by atoms with E-state index in [-0.39, 0.29) is 5.91 Å². The maximum atomic E-state index is 12.2. The van der Waals surface area contributed by atoms with Crippen molar-refractivity contribution >= 4 is 17.8 Å². The molecule has 7 heteroatoms. The first-order valence-electron chi connectivity index (χ1n) is 6.97. The molecular weight excluding hydrogens is 262 g/mol. The Bertz CT molecular complexity index is 384. The molecule has 4 N–H and O–H groups in total. The zero-order valence-corrected chi connectivity index (χ0v) is 12.0. The van der Waals surface area contributed by atoms with Crippen molar-refractivity contribution in [2.45, 2.75) is 57.7 Å². The van der Waals surface area contributed by atoms with Crippen LogP contribution in [0.2, 0.25) is 0 Å². The lowest BCUT2D eigenvalue weighted by molar-refractivity contribution is -0.144. The number of hydrogen-bond acceptors (Lipinski definition) is 4. The van der Waals surface area contributed by atoms with Gasteiger partial charge in [0.1, 0.15) is 12.1 Å². The number of likely N-dealkylation sites (tertiary alicyclic amines) is 1. The van der Waals surface area contributed by atoms with Crippen molar-refractivity contribution in [1.29, 1.82) is 0 Å². The van der Waals surface area contributed by atoms with E-state index in [0.717, 1.165) is 6.42 Å². The maximum absolute atomic E-state index is 12.2. The topological polar surface area (TPSA) is 113 Å². The summed E-state index contributed by atoms with van der Waals surface area (Å²) in [5.74, 6) is -1.73. The fourth-order valence-electron chi connectivity index (χ4n) is 2.38. The molecule has 1 saturated heterocycles. The lowest BCUT2D eigenvalue weighted by atomic mass is 10.1. The van der Waals surface area contributed by atoms with E-state index in [4.69, 9.17) is 10.8 Å². The summed E-state index contributed by atoms with van der Waals surface area (Å²) >= 11 is 0. The van der Waals surface area contributed by atoms with Gasteiger partial charge >= 0.3 is 5.97 Å². The molecule has 114 valence electrons. The van der Waals surface area contributed by atoms with Gasteiger partial charge in [0.05, 0.1) is 6.04 Å². The van der Waals surface area contributed by atoms with Gasteiger partial charge in [0, 0.05) is 6.54 Å². The first kappa shape index (κ1) is 16.4. The average Bonchev–Trinajstić information content (AvgIpc) is 2.85. The van der Waals surface area contributed by atoms with Crippen LogP contribution in [0.15, 0.2) is 0 Å². The van der Waals surface area contributed by atoms with E-state index in [0.29, 0.717) is 25.8 Å². The minimum Gasteiger partial charge on any atom is -0.480 e. The molecule has 1 fully saturated rings. The van der Waals surface area contributed by atoms with Crippen molar-refractivity contribution < 1.29 is 19.5 Å². The highest BCUT2D eigenvalue weighted by Crippen LogP contribution is 2.18. The van der Waals surface area contributed by atoms with Crippen LogP contribution in [0, 0.1) is 0 Å². The summed E-state index contributed by atoms with van der Waals surface area (Å²) in [5, 5.41) is 11.6. The molecule has 1 aliphatic rings. The van der Waals surface area contributed by atoms with Gasteiger partial charge in [-0.05, 0) is 26.2 Å². The number of rotatable bonds is 6. The third-order valence-corrected chi connectivity index (χ3v) is 3.42. The predicted octanol–water partition coefficient (Wildman–Crippen LogP) is -0.306. The van der Waals surface area contributed by atoms with Gasteiger partial charge in [-0.2, -0.15) is 0 Å². The van der Waals surface area contributed by atoms with Crippen molar-refractivity contribution in [2.24, 2.45) is 5.73 Å². The van der Waals surface area contributed by atoms with Gasteiger partial charge in [-0.15, -0.1) is 0 Å². The van der Waals surface area contributed by atoms with E-state index in [1.807, 2.05) is 6.92 Å². The first-order valence-corrected chi connectivity index (χ1v) is 6.97. The lowest BCUT2D eigenvalue weighted by Crippen LogP contribution is -2.53. The van der Waals surface area contributed by atoms with Crippen molar-refractivity contribution in [3.05, 3.63) is 0 Å². The van der Waals surface area contributed by atoms with Crippen LogP contribution in [0.5, 0.6) is 0 Å². The van der Waals surface area contributed by atoms with Crippen LogP contribution >= 0.6 is 0 Å². The van der Waals surface area contributed by atoms with Crippen LogP contribution in [0.1, 0.15) is 39.5 Å². The number of nitrogens with one attached hydrogen (secondary N) is 1. The maximum Gasteiger partial charge on any atom is 0.326 e. The van der Waals surface area contributed by atoms with Crippen LogP contribution in [-0.2, 0) is 14.4 Å². The van der Waals surface area contributed by atoms with Crippen molar-refractivity contribution in [2.75, 3.05) is 6.54 Å². The quantitative estimate of drug-likeness (QED) is 0.620. The molecule has 1 rings (SSSR count). The van der Waals surface area contributed by atoms with Crippen LogP contribution < -0.4 is 11.1 Å². The summed E-state index contributed by atoms with van der Waals surface area (Å²) in [4.78, 5) is 36.6. The summed E-state index contributed by atoms with van der Waals surface area (Å²) in [6.45, 7) is 3.92. The summed E-state index contributed by atoms with van der Waals surface area (Å²) in [6, 6.07) is -2.16. The number of amides is 2. The summed E-state index contributed by atoms with van der Waals surface area (Å²) < 4.78 is 0. The van der Waals surface area contributed by atoms with Gasteiger partial charge in [-0.1, -0.05) is 13.3 Å². The average molecular weight is 285 g/mol. The van der Waals surface area contributed by atoms with E-state index >= 15 is 0 Å². The normalized spacial score (nSPS) is 21.4. The van der Waals surface area contributed by atoms with E-state index in [1.54, 1.807) is 6.92 Å². The molecule has 2 amide bonds. The van der Waals surface area contributed by atoms with Gasteiger partial charge in [0.2, 0.25) is 11.8 Å². The molecule has 1 aliphatic heterocycles. The number of carboxylic acid groups (broad SMARTS) is 1. The Morgan fingerprint density at radius 3 is 2.60 bits per heavy atom. The number of carbonyl (C=O) groups excluding carboxylic acids is 2. The third-order valence-electron chi connectivity index (χ3n) is 3.42. The number of nitrogens with two attached hydrogens (primary N) is 1. The van der Waals surface area contributed by atoms with E-state index in [9.17, 15) is 14.4 Å². The predicted molar refractivity (Wildman–Crippen MR) is 72.9 cm³/mol. The molecule has 0 radical (unpaired) electrons. The zero-order valence-electron chi connectivity index (χ0n) is 12.0. The van der Waals surface area contributed by atoms with E-state index in [1.165, 1.54) is 4.90 Å². The fraction of sp³-hybridized carbons (Fsp3) is 0.769. The lowest BCUT2D eigenvalue weighted by Gasteiger charge is -2.26. The Kier molecular flexibility index (Phi) is 5.94. The highest BCUT2D eigenvalue weighted by Gasteiger charge is 2.36. The second-order valence-electron chi connectivity index (χ2n) is 5.17. The van der Waals surface area contributed by atoms with Gasteiger partial charge < -0.3 is 21.1 Å². The molecule has 7 nitrogen and oxygen atoms in total. The Balaban J connectivity index is 2.70. The minimum absolute atomic E-state index is 0.273. The van der Waals surface area contributed by atoms with Gasteiger partial charge in [0.15, 0.2) is 0 Å². The molecule has 3 atom stereocenters. The highest BCUT2D eigenvalue weighted by molar-refractivity contribution is 5.92. The Labute approximate surface area is 118 Å². The number of aliphatic carboxylic acids is 1. The number of carbonyl (C=O) groups is 3. The Morgan fingerprint density at radius 1 is 1.45 bits per heavy atom. The number of hydrogen-bond donors (Lipinski definition) is 3. The molecule has 1 heterocycles. The largest absolute Gasteiger partial charge is 0.480 e. The summed E-state index contributed by atoms with van der Waals surface area (Å²) in [6.07, 6.45) is 2.30.